The zero-order valence-electron chi connectivity index (χ0n) is 31.7. The molecule has 2 aliphatic rings. The van der Waals surface area contributed by atoms with Gasteiger partial charge >= 0.3 is 0 Å². The topological polar surface area (TPSA) is 13.1 Å². The molecular formula is C54H37N3S. The summed E-state index contributed by atoms with van der Waals surface area (Å²) in [5, 5.41) is 5.14. The number of anilines is 2. The maximum atomic E-state index is 2.50. The maximum absolute atomic E-state index is 2.50. The predicted molar refractivity (Wildman–Crippen MR) is 245 cm³/mol. The van der Waals surface area contributed by atoms with E-state index in [0.29, 0.717) is 0 Å². The fraction of sp³-hybridized carbons (Fsp3) is 0.0370. The van der Waals surface area contributed by atoms with E-state index in [1.165, 1.54) is 98.5 Å². The molecule has 8 aromatic carbocycles. The molecule has 3 heterocycles. The third kappa shape index (κ3) is 5.15. The van der Waals surface area contributed by atoms with Crippen LogP contribution in [0.25, 0.3) is 66.1 Å². The Morgan fingerprint density at radius 2 is 0.983 bits per heavy atom. The number of fused-ring (bicyclic) bond motifs is 9. The molecule has 1 atom stereocenters. The number of aromatic nitrogens is 2. The molecule has 1 unspecified atom stereocenters. The normalized spacial score (nSPS) is 14.9. The van der Waals surface area contributed by atoms with Crippen molar-refractivity contribution in [2.24, 2.45) is 0 Å². The van der Waals surface area contributed by atoms with E-state index >= 15 is 0 Å². The number of nitrogens with zero attached hydrogens (tertiary/aromatic N) is 3. The summed E-state index contributed by atoms with van der Waals surface area (Å²) in [6, 6.07) is 71.0. The van der Waals surface area contributed by atoms with Crippen LogP contribution in [-0.4, -0.2) is 9.13 Å². The second-order valence-corrected chi connectivity index (χ2v) is 16.4. The lowest BCUT2D eigenvalue weighted by molar-refractivity contribution is 0.806. The maximum Gasteiger partial charge on any atom is 0.0541 e. The highest BCUT2D eigenvalue weighted by Gasteiger charge is 2.37. The molecule has 1 aliphatic carbocycles. The summed E-state index contributed by atoms with van der Waals surface area (Å²) in [6.45, 7) is 0. The van der Waals surface area contributed by atoms with Crippen LogP contribution in [0.4, 0.5) is 11.4 Å². The molecule has 274 valence electrons. The van der Waals surface area contributed by atoms with Crippen molar-refractivity contribution >= 4 is 72.4 Å². The van der Waals surface area contributed by atoms with Crippen LogP contribution in [0.5, 0.6) is 0 Å². The van der Waals surface area contributed by atoms with Crippen molar-refractivity contribution in [2.45, 2.75) is 22.1 Å². The minimum Gasteiger partial charge on any atom is -0.313 e. The Morgan fingerprint density at radius 3 is 1.62 bits per heavy atom. The van der Waals surface area contributed by atoms with Gasteiger partial charge in [-0.25, -0.2) is 0 Å². The third-order valence-corrected chi connectivity index (χ3v) is 13.2. The van der Waals surface area contributed by atoms with E-state index in [9.17, 15) is 0 Å². The standard InChI is InChI=1S/C54H37N3S/c1-2-14-40(15-3-1)58-54-25-13-8-16-41(54)36-26-28-37(29-27-36)55-52-32-30-38(56-48-21-9-4-17-42(48)43-18-5-10-22-49(43)56)34-46(52)47-35-39(31-33-53(47)55)57-50-23-11-6-19-44(50)45-20-7-12-24-51(45)57/h1-34,47H,35H2. The molecule has 0 bridgehead atoms. The molecule has 2 aromatic heterocycles. The highest BCUT2D eigenvalue weighted by Crippen LogP contribution is 2.54. The van der Waals surface area contributed by atoms with Gasteiger partial charge in [0.15, 0.2) is 0 Å². The second-order valence-electron chi connectivity index (χ2n) is 15.3. The Bertz CT molecular complexity index is 3190. The molecule has 0 spiro atoms. The van der Waals surface area contributed by atoms with Gasteiger partial charge < -0.3 is 14.0 Å². The van der Waals surface area contributed by atoms with E-state index in [-0.39, 0.29) is 5.92 Å². The van der Waals surface area contributed by atoms with E-state index in [0.717, 1.165) is 6.42 Å². The summed E-state index contributed by atoms with van der Waals surface area (Å²) in [4.78, 5) is 5.00. The minimum atomic E-state index is 0.172. The molecule has 1 aliphatic heterocycles. The van der Waals surface area contributed by atoms with Crippen LogP contribution in [0.2, 0.25) is 0 Å². The molecule has 0 N–H and O–H groups in total. The largest absolute Gasteiger partial charge is 0.313 e. The Morgan fingerprint density at radius 1 is 0.448 bits per heavy atom. The van der Waals surface area contributed by atoms with Gasteiger partial charge in [-0.05, 0) is 102 Å². The van der Waals surface area contributed by atoms with Crippen LogP contribution >= 0.6 is 11.8 Å². The lowest BCUT2D eigenvalue weighted by Gasteiger charge is -2.27. The highest BCUT2D eigenvalue weighted by molar-refractivity contribution is 7.99. The number of hydrogen-bond acceptors (Lipinski definition) is 2. The van der Waals surface area contributed by atoms with Gasteiger partial charge in [0.1, 0.15) is 0 Å². The van der Waals surface area contributed by atoms with Crippen molar-refractivity contribution in [1.82, 2.24) is 9.13 Å². The lowest BCUT2D eigenvalue weighted by Crippen LogP contribution is -2.16. The molecule has 58 heavy (non-hydrogen) atoms. The van der Waals surface area contributed by atoms with E-state index in [1.54, 1.807) is 0 Å². The quantitative estimate of drug-likeness (QED) is 0.167. The van der Waals surface area contributed by atoms with Gasteiger partial charge in [-0.3, -0.25) is 0 Å². The Labute approximate surface area is 341 Å². The van der Waals surface area contributed by atoms with Gasteiger partial charge in [-0.2, -0.15) is 0 Å². The van der Waals surface area contributed by atoms with Crippen LogP contribution in [0.15, 0.2) is 222 Å². The van der Waals surface area contributed by atoms with Gasteiger partial charge in [0, 0.05) is 72.1 Å². The van der Waals surface area contributed by atoms with E-state index in [1.807, 2.05) is 11.8 Å². The number of hydrogen-bond donors (Lipinski definition) is 0. The number of allylic oxidation sites excluding steroid dienone is 4. The average molecular weight is 760 g/mol. The van der Waals surface area contributed by atoms with E-state index < -0.39 is 0 Å². The Balaban J connectivity index is 1.01. The number of para-hydroxylation sites is 4. The van der Waals surface area contributed by atoms with Gasteiger partial charge in [0.05, 0.1) is 22.1 Å². The predicted octanol–water partition coefficient (Wildman–Crippen LogP) is 14.8. The first kappa shape index (κ1) is 33.2. The summed E-state index contributed by atoms with van der Waals surface area (Å²) in [6.07, 6.45) is 5.63. The summed E-state index contributed by atoms with van der Waals surface area (Å²) < 4.78 is 4.94. The smallest absolute Gasteiger partial charge is 0.0541 e. The zero-order chi connectivity index (χ0) is 38.2. The summed E-state index contributed by atoms with van der Waals surface area (Å²) in [7, 11) is 0. The number of benzene rings is 8. The van der Waals surface area contributed by atoms with E-state index in [2.05, 4.69) is 220 Å². The first-order chi connectivity index (χ1) is 28.8. The van der Waals surface area contributed by atoms with Crippen molar-refractivity contribution in [3.63, 3.8) is 0 Å². The van der Waals surface area contributed by atoms with Crippen LogP contribution < -0.4 is 4.90 Å². The van der Waals surface area contributed by atoms with Crippen molar-refractivity contribution in [3.8, 4) is 16.8 Å². The molecular weight excluding hydrogens is 723 g/mol. The molecule has 10 aromatic rings. The van der Waals surface area contributed by atoms with Crippen LogP contribution in [0.3, 0.4) is 0 Å². The van der Waals surface area contributed by atoms with Crippen molar-refractivity contribution in [1.29, 1.82) is 0 Å². The number of rotatable bonds is 6. The average Bonchev–Trinajstić information content (AvgIpc) is 3.92. The van der Waals surface area contributed by atoms with Crippen LogP contribution in [0.1, 0.15) is 17.9 Å². The fourth-order valence-electron chi connectivity index (χ4n) is 9.57. The molecule has 12 rings (SSSR count). The van der Waals surface area contributed by atoms with Crippen LogP contribution in [0, 0.1) is 0 Å². The third-order valence-electron chi connectivity index (χ3n) is 12.1. The summed E-state index contributed by atoms with van der Waals surface area (Å²) in [5.41, 5.74) is 15.0. The molecule has 0 saturated heterocycles. The lowest BCUT2D eigenvalue weighted by atomic mass is 9.89. The minimum absolute atomic E-state index is 0.172. The fourth-order valence-corrected chi connectivity index (χ4v) is 10.6. The molecule has 0 fully saturated rings. The van der Waals surface area contributed by atoms with Gasteiger partial charge in [0.2, 0.25) is 0 Å². The monoisotopic (exact) mass is 759 g/mol. The molecule has 0 amide bonds. The highest BCUT2D eigenvalue weighted by atomic mass is 32.2. The van der Waals surface area contributed by atoms with Crippen LogP contribution in [-0.2, 0) is 0 Å². The zero-order valence-corrected chi connectivity index (χ0v) is 32.5. The van der Waals surface area contributed by atoms with Gasteiger partial charge in [0.25, 0.3) is 0 Å². The summed E-state index contributed by atoms with van der Waals surface area (Å²) >= 11 is 1.82. The SMILES string of the molecule is C1=C2C(CC(n3c4ccccc4c4ccccc43)=C1)c1cc(-n3c4ccccc4c4ccccc43)ccc1N2c1ccc(-c2ccccc2Sc2ccccc2)cc1. The first-order valence-electron chi connectivity index (χ1n) is 20.0. The van der Waals surface area contributed by atoms with Crippen molar-refractivity contribution in [3.05, 3.63) is 218 Å². The molecule has 0 saturated carbocycles. The Kier molecular flexibility index (Phi) is 7.60. The van der Waals surface area contributed by atoms with E-state index in [4.69, 9.17) is 0 Å². The van der Waals surface area contributed by atoms with Gasteiger partial charge in [-0.15, -0.1) is 0 Å². The van der Waals surface area contributed by atoms with Crippen molar-refractivity contribution < 1.29 is 0 Å². The molecule has 0 radical (unpaired) electrons. The molecule has 4 heteroatoms. The summed E-state index contributed by atoms with van der Waals surface area (Å²) in [5.74, 6) is 0.172. The second kappa shape index (κ2) is 13.3. The first-order valence-corrected chi connectivity index (χ1v) is 20.8. The molecule has 3 nitrogen and oxygen atoms in total. The Hall–Kier alpha value is -7.01. The van der Waals surface area contributed by atoms with Gasteiger partial charge in [-0.1, -0.05) is 133 Å². The van der Waals surface area contributed by atoms with Crippen molar-refractivity contribution in [2.75, 3.05) is 4.90 Å².